The first-order valence-electron chi connectivity index (χ1n) is 19.7. The molecule has 9 rings (SSSR count). The maximum absolute atomic E-state index is 13.4. The van der Waals surface area contributed by atoms with Gasteiger partial charge in [0.2, 0.25) is 10.0 Å². The molecule has 3 N–H and O–H groups in total. The van der Waals surface area contributed by atoms with Gasteiger partial charge in [0.15, 0.2) is 6.29 Å². The topological polar surface area (TPSA) is 139 Å². The fraction of sp³-hybridized carbons (Fsp3) is 0.261. The summed E-state index contributed by atoms with van der Waals surface area (Å²) in [5, 5.41) is 10.6. The highest BCUT2D eigenvalue weighted by Gasteiger charge is 2.43. The van der Waals surface area contributed by atoms with Gasteiger partial charge in [-0.15, -0.1) is 0 Å². The van der Waals surface area contributed by atoms with Gasteiger partial charge >= 0.3 is 5.69 Å². The number of nitrogens with one attached hydrogen (secondary N) is 2. The van der Waals surface area contributed by atoms with Gasteiger partial charge in [-0.1, -0.05) is 109 Å². The molecule has 4 atom stereocenters. The number of aromatic amines is 1. The van der Waals surface area contributed by atoms with Crippen molar-refractivity contribution >= 4 is 32.0 Å². The van der Waals surface area contributed by atoms with E-state index in [2.05, 4.69) is 31.7 Å². The van der Waals surface area contributed by atoms with Crippen LogP contribution in [0.2, 0.25) is 0 Å². The molecule has 0 aliphatic carbocycles. The van der Waals surface area contributed by atoms with Crippen LogP contribution in [0.1, 0.15) is 65.0 Å². The lowest BCUT2D eigenvalue weighted by Crippen LogP contribution is -2.47. The molecule has 0 spiro atoms. The number of piperidine rings is 1. The van der Waals surface area contributed by atoms with E-state index in [9.17, 15) is 18.3 Å². The summed E-state index contributed by atoms with van der Waals surface area (Å²) in [4.78, 5) is 22.9. The van der Waals surface area contributed by atoms with Gasteiger partial charge < -0.3 is 24.5 Å². The van der Waals surface area contributed by atoms with Gasteiger partial charge in [0.05, 0.1) is 35.4 Å². The third kappa shape index (κ3) is 7.74. The highest BCUT2D eigenvalue weighted by molar-refractivity contribution is 7.89. The number of pyridine rings is 1. The molecule has 2 aliphatic heterocycles. The zero-order chi connectivity index (χ0) is 39.6. The summed E-state index contributed by atoms with van der Waals surface area (Å²) in [5.74, 6) is -0.149. The van der Waals surface area contributed by atoms with E-state index >= 15 is 0 Å². The molecule has 2 aliphatic rings. The number of aliphatic hydroxyl groups is 1. The molecule has 0 bridgehead atoms. The van der Waals surface area contributed by atoms with Crippen molar-refractivity contribution in [3.05, 3.63) is 178 Å². The van der Waals surface area contributed by atoms with Crippen molar-refractivity contribution in [2.75, 3.05) is 19.6 Å². The second kappa shape index (κ2) is 16.4. The maximum Gasteiger partial charge on any atom is 0.326 e. The van der Waals surface area contributed by atoms with Gasteiger partial charge in [-0.05, 0) is 59.4 Å². The third-order valence-corrected chi connectivity index (χ3v) is 13.0. The Labute approximate surface area is 337 Å². The van der Waals surface area contributed by atoms with Gasteiger partial charge in [-0.2, -0.15) is 0 Å². The summed E-state index contributed by atoms with van der Waals surface area (Å²) in [5.41, 5.74) is 6.65. The fourth-order valence-electron chi connectivity index (χ4n) is 8.56. The van der Waals surface area contributed by atoms with E-state index in [0.717, 1.165) is 70.2 Å². The van der Waals surface area contributed by atoms with Crippen molar-refractivity contribution in [1.82, 2.24) is 24.2 Å². The molecule has 2 aromatic heterocycles. The van der Waals surface area contributed by atoms with Crippen molar-refractivity contribution in [3.63, 3.8) is 0 Å². The van der Waals surface area contributed by atoms with Crippen LogP contribution in [-0.2, 0) is 32.6 Å². The molecule has 0 amide bonds. The molecule has 296 valence electrons. The number of hydrogen-bond acceptors (Lipinski definition) is 8. The Bertz CT molecular complexity index is 2670. The summed E-state index contributed by atoms with van der Waals surface area (Å²) in [6, 6.07) is 42.6. The number of likely N-dealkylation sites (tertiary alicyclic amines) is 1. The highest BCUT2D eigenvalue weighted by atomic mass is 32.2. The molecule has 1 unspecified atom stereocenters. The Hall–Kier alpha value is -5.47. The molecule has 4 heterocycles. The summed E-state index contributed by atoms with van der Waals surface area (Å²) in [7, 11) is -3.84. The molecule has 58 heavy (non-hydrogen) atoms. The van der Waals surface area contributed by atoms with Crippen LogP contribution in [0.4, 0.5) is 0 Å². The molecule has 11 nitrogen and oxygen atoms in total. The molecule has 2 fully saturated rings. The largest absolute Gasteiger partial charge is 0.392 e. The minimum atomic E-state index is -3.84. The van der Waals surface area contributed by atoms with Crippen LogP contribution in [0.15, 0.2) is 149 Å². The Kier molecular flexibility index (Phi) is 10.8. The van der Waals surface area contributed by atoms with Crippen LogP contribution < -0.4 is 10.4 Å². The molecule has 0 radical (unpaired) electrons. The van der Waals surface area contributed by atoms with E-state index in [-0.39, 0.29) is 47.9 Å². The van der Waals surface area contributed by atoms with Crippen LogP contribution in [0.3, 0.4) is 0 Å². The molecule has 5 aromatic carbocycles. The summed E-state index contributed by atoms with van der Waals surface area (Å²) < 4.78 is 45.4. The van der Waals surface area contributed by atoms with Gasteiger partial charge in [-0.25, -0.2) is 17.9 Å². The fourth-order valence-corrected chi connectivity index (χ4v) is 9.75. The number of imidazole rings is 1. The number of benzene rings is 5. The smallest absolute Gasteiger partial charge is 0.326 e. The SMILES string of the molecule is O=c1[nH]c2ccccc2n1C1CCN(C[C@H]2OC(c3ccc(CNS(=O)(=O)c4cccc5cccnc45)cc3)O[C@@H](c3ccc(CO)cc3)[C@@H]2c2ccccc2)CC1. The second-order valence-electron chi connectivity index (χ2n) is 15.1. The Morgan fingerprint density at radius 1 is 0.759 bits per heavy atom. The molecular formula is C46H45N5O6S. The number of hydrogen-bond donors (Lipinski definition) is 3. The van der Waals surface area contributed by atoms with Crippen LogP contribution in [0, 0.1) is 0 Å². The highest BCUT2D eigenvalue weighted by Crippen LogP contribution is 2.47. The van der Waals surface area contributed by atoms with Gasteiger partial charge in [0.25, 0.3) is 0 Å². The minimum Gasteiger partial charge on any atom is -0.392 e. The van der Waals surface area contributed by atoms with Crippen molar-refractivity contribution in [3.8, 4) is 0 Å². The standard InChI is InChI=1S/C46H45N5O6S/c52-30-32-17-19-35(20-18-32)44-42(33-8-2-1-3-9-33)40(29-50-26-23-37(24-27-50)51-39-13-5-4-12-38(39)49-46(51)53)56-45(57-44)36-21-15-31(16-22-36)28-48-58(54,55)41-14-6-10-34-11-7-25-47-43(34)41/h1-22,25,37,40,42,44-45,48,52H,23-24,26-30H2,(H,49,53)/t40-,42-,44+,45?/m1/s1. The number of aromatic nitrogens is 3. The maximum atomic E-state index is 13.4. The van der Waals surface area contributed by atoms with E-state index in [1.54, 1.807) is 24.4 Å². The molecule has 0 saturated carbocycles. The zero-order valence-corrected chi connectivity index (χ0v) is 32.7. The van der Waals surface area contributed by atoms with E-state index in [1.165, 1.54) is 0 Å². The van der Waals surface area contributed by atoms with Gasteiger partial charge in [0.1, 0.15) is 4.90 Å². The number of para-hydroxylation sites is 3. The van der Waals surface area contributed by atoms with Gasteiger partial charge in [0, 0.05) is 55.3 Å². The van der Waals surface area contributed by atoms with Crippen molar-refractivity contribution in [2.24, 2.45) is 0 Å². The monoisotopic (exact) mass is 795 g/mol. The molecular weight excluding hydrogens is 751 g/mol. The lowest BCUT2D eigenvalue weighted by atomic mass is 9.83. The lowest BCUT2D eigenvalue weighted by Gasteiger charge is -2.45. The van der Waals surface area contributed by atoms with Crippen LogP contribution in [-0.4, -0.2) is 58.7 Å². The first kappa shape index (κ1) is 38.1. The van der Waals surface area contributed by atoms with Crippen molar-refractivity contribution in [1.29, 1.82) is 0 Å². The number of aliphatic hydroxyl groups excluding tert-OH is 1. The number of ether oxygens (including phenoxy) is 2. The van der Waals surface area contributed by atoms with E-state index in [1.807, 2.05) is 108 Å². The number of nitrogens with zero attached hydrogens (tertiary/aromatic N) is 3. The number of fused-ring (bicyclic) bond motifs is 2. The Balaban J connectivity index is 0.970. The van der Waals surface area contributed by atoms with E-state index in [0.29, 0.717) is 12.1 Å². The quantitative estimate of drug-likeness (QED) is 0.126. The zero-order valence-electron chi connectivity index (χ0n) is 31.9. The first-order valence-corrected chi connectivity index (χ1v) is 21.2. The Morgan fingerprint density at radius 2 is 1.47 bits per heavy atom. The minimum absolute atomic E-state index is 0.0513. The van der Waals surface area contributed by atoms with Crippen LogP contribution in [0.25, 0.3) is 21.9 Å². The number of sulfonamides is 1. The Morgan fingerprint density at radius 3 is 2.24 bits per heavy atom. The average Bonchev–Trinajstić information content (AvgIpc) is 3.61. The van der Waals surface area contributed by atoms with E-state index < -0.39 is 16.3 Å². The number of H-pyrrole nitrogens is 1. The molecule has 12 heteroatoms. The second-order valence-corrected chi connectivity index (χ2v) is 16.9. The predicted molar refractivity (Wildman–Crippen MR) is 222 cm³/mol. The van der Waals surface area contributed by atoms with Gasteiger partial charge in [-0.3, -0.25) is 9.55 Å². The summed E-state index contributed by atoms with van der Waals surface area (Å²) in [6.07, 6.45) is 1.91. The predicted octanol–water partition coefficient (Wildman–Crippen LogP) is 7.12. The molecule has 7 aromatic rings. The van der Waals surface area contributed by atoms with Crippen LogP contribution >= 0.6 is 0 Å². The lowest BCUT2D eigenvalue weighted by molar-refractivity contribution is -0.264. The van der Waals surface area contributed by atoms with E-state index in [4.69, 9.17) is 9.47 Å². The van der Waals surface area contributed by atoms with Crippen molar-refractivity contribution < 1.29 is 23.0 Å². The van der Waals surface area contributed by atoms with Crippen molar-refractivity contribution in [2.45, 2.75) is 61.3 Å². The summed E-state index contributed by atoms with van der Waals surface area (Å²) in [6.45, 7) is 2.31. The summed E-state index contributed by atoms with van der Waals surface area (Å²) >= 11 is 0. The van der Waals surface area contributed by atoms with Crippen LogP contribution in [0.5, 0.6) is 0 Å². The first-order chi connectivity index (χ1) is 28.3. The normalized spacial score (nSPS) is 20.8. The molecule has 2 saturated heterocycles. The average molecular weight is 796 g/mol. The number of rotatable bonds is 11. The third-order valence-electron chi connectivity index (χ3n) is 11.6.